The Morgan fingerprint density at radius 1 is 1.69 bits per heavy atom. The number of rotatable bonds is 1. The van der Waals surface area contributed by atoms with Crippen molar-refractivity contribution in [2.24, 2.45) is 0 Å². The third-order valence-electron chi connectivity index (χ3n) is 1.95. The maximum absolute atomic E-state index is 11.4. The van der Waals surface area contributed by atoms with E-state index in [9.17, 15) is 9.59 Å². The normalized spacial score (nSPS) is 14.0. The van der Waals surface area contributed by atoms with Crippen molar-refractivity contribution in [1.29, 1.82) is 0 Å². The predicted octanol–water partition coefficient (Wildman–Crippen LogP) is 1.67. The molecule has 7 heteroatoms. The van der Waals surface area contributed by atoms with Gasteiger partial charge in [-0.2, -0.15) is 0 Å². The average Bonchev–Trinajstić information content (AvgIpc) is 2.28. The summed E-state index contributed by atoms with van der Waals surface area (Å²) in [6.07, 6.45) is 0. The second-order valence-electron chi connectivity index (χ2n) is 2.99. The third kappa shape index (κ3) is 2.05. The molecule has 0 saturated carbocycles. The van der Waals surface area contributed by atoms with E-state index in [-0.39, 0.29) is 17.4 Å². The smallest absolute Gasteiger partial charge is 0.357 e. The number of aromatic nitrogens is 1. The van der Waals surface area contributed by atoms with E-state index in [4.69, 9.17) is 0 Å². The lowest BCUT2D eigenvalue weighted by atomic mass is 10.3. The molecule has 1 aliphatic heterocycles. The van der Waals surface area contributed by atoms with Crippen molar-refractivity contribution in [2.45, 2.75) is 5.03 Å². The molecule has 0 radical (unpaired) electrons. The summed E-state index contributed by atoms with van der Waals surface area (Å²) in [5.74, 6) is -0.534. The molecule has 0 spiro atoms. The van der Waals surface area contributed by atoms with Gasteiger partial charge in [-0.05, 0) is 33.8 Å². The Bertz CT molecular complexity index is 478. The lowest BCUT2D eigenvalue weighted by Gasteiger charge is -2.16. The molecule has 0 bridgehead atoms. The van der Waals surface area contributed by atoms with Crippen LogP contribution in [-0.2, 0) is 9.53 Å². The number of hydrogen-bond donors (Lipinski definition) is 1. The van der Waals surface area contributed by atoms with Crippen molar-refractivity contribution in [3.05, 3.63) is 16.2 Å². The summed E-state index contributed by atoms with van der Waals surface area (Å²) in [6.45, 7) is 0.267. The number of esters is 1. The summed E-state index contributed by atoms with van der Waals surface area (Å²) in [6, 6.07) is 1.72. The minimum atomic E-state index is -0.534. The van der Waals surface area contributed by atoms with Crippen LogP contribution in [0.2, 0.25) is 0 Å². The number of carbonyl (C=O) groups is 2. The van der Waals surface area contributed by atoms with Crippen LogP contribution in [0, 0.1) is 0 Å². The highest BCUT2D eigenvalue weighted by atomic mass is 79.9. The molecule has 1 aromatic heterocycles. The Morgan fingerprint density at radius 2 is 2.44 bits per heavy atom. The molecule has 1 aliphatic rings. The highest BCUT2D eigenvalue weighted by Gasteiger charge is 2.22. The van der Waals surface area contributed by atoms with Gasteiger partial charge < -0.3 is 10.1 Å². The van der Waals surface area contributed by atoms with Crippen LogP contribution >= 0.6 is 27.7 Å². The molecular weight excluding hydrogens is 296 g/mol. The highest BCUT2D eigenvalue weighted by Crippen LogP contribution is 2.33. The Kier molecular flexibility index (Phi) is 3.15. The van der Waals surface area contributed by atoms with E-state index in [2.05, 4.69) is 31.0 Å². The molecule has 0 amide bonds. The number of halogens is 1. The number of carbonyl (C=O) groups excluding carboxylic acids is 2. The molecule has 0 atom stereocenters. The number of fused-ring (bicyclic) bond motifs is 1. The van der Waals surface area contributed by atoms with Gasteiger partial charge in [0.1, 0.15) is 5.03 Å². The molecule has 0 aromatic carbocycles. The first kappa shape index (κ1) is 11.4. The molecule has 16 heavy (non-hydrogen) atoms. The van der Waals surface area contributed by atoms with Crippen molar-refractivity contribution >= 4 is 44.5 Å². The summed E-state index contributed by atoms with van der Waals surface area (Å²) >= 11 is 4.26. The van der Waals surface area contributed by atoms with E-state index in [1.807, 2.05) is 0 Å². The van der Waals surface area contributed by atoms with Crippen LogP contribution in [-0.4, -0.2) is 29.7 Å². The summed E-state index contributed by atoms with van der Waals surface area (Å²) in [5, 5.41) is 3.39. The second-order valence-corrected chi connectivity index (χ2v) is 4.89. The van der Waals surface area contributed by atoms with Crippen molar-refractivity contribution in [3.8, 4) is 0 Å². The quantitative estimate of drug-likeness (QED) is 0.796. The van der Waals surface area contributed by atoms with Crippen LogP contribution in [0.15, 0.2) is 15.6 Å². The van der Waals surface area contributed by atoms with E-state index < -0.39 is 5.97 Å². The fourth-order valence-electron chi connectivity index (χ4n) is 1.23. The molecule has 0 aliphatic carbocycles. The zero-order valence-electron chi connectivity index (χ0n) is 8.24. The highest BCUT2D eigenvalue weighted by molar-refractivity contribution is 9.10. The van der Waals surface area contributed by atoms with Gasteiger partial charge in [0.15, 0.2) is 5.69 Å². The number of nitrogens with zero attached hydrogens (tertiary/aromatic N) is 1. The SMILES string of the molecule is COC(=O)c1nc2c(cc1Br)NCC(=O)S2. The largest absolute Gasteiger partial charge is 0.464 e. The number of nitrogens with one attached hydrogen (secondary N) is 1. The molecule has 2 heterocycles. The van der Waals surface area contributed by atoms with Crippen LogP contribution in [0.5, 0.6) is 0 Å². The molecular formula is C9H7BrN2O3S. The van der Waals surface area contributed by atoms with Crippen LogP contribution in [0.25, 0.3) is 0 Å². The maximum Gasteiger partial charge on any atom is 0.357 e. The van der Waals surface area contributed by atoms with E-state index in [1.165, 1.54) is 7.11 Å². The predicted molar refractivity (Wildman–Crippen MR) is 62.6 cm³/mol. The molecule has 2 rings (SSSR count). The first-order chi connectivity index (χ1) is 7.61. The van der Waals surface area contributed by atoms with Crippen LogP contribution in [0.3, 0.4) is 0 Å². The van der Waals surface area contributed by atoms with Gasteiger partial charge in [0, 0.05) is 0 Å². The summed E-state index contributed by atoms with van der Waals surface area (Å²) in [7, 11) is 1.28. The van der Waals surface area contributed by atoms with Gasteiger partial charge in [0.2, 0.25) is 5.12 Å². The lowest BCUT2D eigenvalue weighted by molar-refractivity contribution is -0.109. The topological polar surface area (TPSA) is 68.3 Å². The van der Waals surface area contributed by atoms with Crippen molar-refractivity contribution in [1.82, 2.24) is 4.98 Å². The maximum atomic E-state index is 11.4. The fourth-order valence-corrected chi connectivity index (χ4v) is 2.44. The standard InChI is InChI=1S/C9H7BrN2O3S/c1-15-9(14)7-4(10)2-5-8(12-7)16-6(13)3-11-5/h2,11H,3H2,1H3. The summed E-state index contributed by atoms with van der Waals surface area (Å²) in [5.41, 5.74) is 0.911. The van der Waals surface area contributed by atoms with Gasteiger partial charge in [0.05, 0.1) is 23.8 Å². The molecule has 0 unspecified atom stereocenters. The summed E-state index contributed by atoms with van der Waals surface area (Å²) in [4.78, 5) is 26.7. The second kappa shape index (κ2) is 4.42. The minimum absolute atomic E-state index is 0.0295. The molecule has 0 saturated heterocycles. The van der Waals surface area contributed by atoms with Crippen molar-refractivity contribution in [3.63, 3.8) is 0 Å². The minimum Gasteiger partial charge on any atom is -0.464 e. The molecule has 0 fully saturated rings. The monoisotopic (exact) mass is 302 g/mol. The van der Waals surface area contributed by atoms with Gasteiger partial charge in [-0.3, -0.25) is 4.79 Å². The number of thioether (sulfide) groups is 1. The first-order valence-corrected chi connectivity index (χ1v) is 5.96. The number of anilines is 1. The summed E-state index contributed by atoms with van der Waals surface area (Å²) < 4.78 is 5.13. The van der Waals surface area contributed by atoms with E-state index in [0.29, 0.717) is 9.50 Å². The Balaban J connectivity index is 2.46. The van der Waals surface area contributed by atoms with E-state index >= 15 is 0 Å². The van der Waals surface area contributed by atoms with Crippen LogP contribution in [0.4, 0.5) is 5.69 Å². The van der Waals surface area contributed by atoms with Gasteiger partial charge in [-0.25, -0.2) is 9.78 Å². The van der Waals surface area contributed by atoms with Crippen molar-refractivity contribution in [2.75, 3.05) is 19.0 Å². The average molecular weight is 303 g/mol. The Morgan fingerprint density at radius 3 is 3.12 bits per heavy atom. The number of methoxy groups -OCH3 is 1. The van der Waals surface area contributed by atoms with Gasteiger partial charge in [0.25, 0.3) is 0 Å². The van der Waals surface area contributed by atoms with Crippen LogP contribution in [0.1, 0.15) is 10.5 Å². The molecule has 5 nitrogen and oxygen atoms in total. The molecule has 1 aromatic rings. The number of pyridine rings is 1. The third-order valence-corrected chi connectivity index (χ3v) is 3.43. The Labute approximate surface area is 104 Å². The van der Waals surface area contributed by atoms with Gasteiger partial charge in [-0.15, -0.1) is 0 Å². The first-order valence-electron chi connectivity index (χ1n) is 4.35. The Hall–Kier alpha value is -1.08. The van der Waals surface area contributed by atoms with Gasteiger partial charge >= 0.3 is 5.97 Å². The van der Waals surface area contributed by atoms with Gasteiger partial charge in [-0.1, -0.05) is 0 Å². The lowest BCUT2D eigenvalue weighted by Crippen LogP contribution is -2.18. The molecule has 84 valence electrons. The number of ether oxygens (including phenoxy) is 1. The zero-order valence-corrected chi connectivity index (χ0v) is 10.6. The van der Waals surface area contributed by atoms with E-state index in [1.54, 1.807) is 6.07 Å². The number of hydrogen-bond acceptors (Lipinski definition) is 6. The van der Waals surface area contributed by atoms with Crippen molar-refractivity contribution < 1.29 is 14.3 Å². The van der Waals surface area contributed by atoms with E-state index in [0.717, 1.165) is 17.4 Å². The zero-order chi connectivity index (χ0) is 11.7. The fraction of sp³-hybridized carbons (Fsp3) is 0.222. The van der Waals surface area contributed by atoms with Crippen LogP contribution < -0.4 is 5.32 Å². The molecule has 1 N–H and O–H groups in total.